The Hall–Kier alpha value is 0. The van der Waals surface area contributed by atoms with Crippen LogP contribution in [0.2, 0.25) is 0 Å². The van der Waals surface area contributed by atoms with Crippen LogP contribution in [0.4, 0.5) is 0 Å². The van der Waals surface area contributed by atoms with Crippen LogP contribution in [0, 0.1) is 35.0 Å². The molecule has 4 atom stereocenters. The highest BCUT2D eigenvalue weighted by Gasteiger charge is 2.48. The molecule has 1 fully saturated rings. The van der Waals surface area contributed by atoms with Gasteiger partial charge in [0, 0.05) is 0 Å². The fraction of sp³-hybridized carbons (Fsp3) is 1.00. The summed E-state index contributed by atoms with van der Waals surface area (Å²) in [6.45, 7) is 17.0. The summed E-state index contributed by atoms with van der Waals surface area (Å²) in [4.78, 5) is 0. The Kier molecular flexibility index (Phi) is 5.74. The molecule has 0 aromatic heterocycles. The van der Waals surface area contributed by atoms with Gasteiger partial charge in [-0.05, 0) is 54.3 Å². The maximum atomic E-state index is 2.53. The SMILES string of the molecule is CCC(C)CC1CC(CC(CC)C(C)C)C1(C)C. The Labute approximate surface area is 116 Å². The quantitative estimate of drug-likeness (QED) is 0.509. The van der Waals surface area contributed by atoms with Gasteiger partial charge in [0.15, 0.2) is 0 Å². The highest BCUT2D eigenvalue weighted by molar-refractivity contribution is 4.97. The van der Waals surface area contributed by atoms with Crippen molar-refractivity contribution in [3.63, 3.8) is 0 Å². The van der Waals surface area contributed by atoms with Gasteiger partial charge in [-0.1, -0.05) is 61.3 Å². The predicted octanol–water partition coefficient (Wildman–Crippen LogP) is 6.16. The Morgan fingerprint density at radius 1 is 0.944 bits per heavy atom. The molecule has 0 nitrogen and oxygen atoms in total. The van der Waals surface area contributed by atoms with Crippen LogP contribution in [0.5, 0.6) is 0 Å². The van der Waals surface area contributed by atoms with E-state index in [1.54, 1.807) is 0 Å². The van der Waals surface area contributed by atoms with Crippen LogP contribution in [0.15, 0.2) is 0 Å². The minimum atomic E-state index is 0.603. The van der Waals surface area contributed by atoms with E-state index in [1.807, 2.05) is 0 Å². The molecule has 1 rings (SSSR count). The number of hydrogen-bond donors (Lipinski definition) is 0. The third-order valence-electron chi connectivity index (χ3n) is 6.11. The third kappa shape index (κ3) is 3.52. The zero-order valence-corrected chi connectivity index (χ0v) is 13.9. The average molecular weight is 252 g/mol. The normalized spacial score (nSPS) is 30.0. The van der Waals surface area contributed by atoms with E-state index in [9.17, 15) is 0 Å². The molecule has 1 aliphatic carbocycles. The van der Waals surface area contributed by atoms with Crippen molar-refractivity contribution in [2.75, 3.05) is 0 Å². The minimum absolute atomic E-state index is 0.603. The second-order valence-corrected chi connectivity index (χ2v) is 7.85. The molecule has 0 aliphatic heterocycles. The summed E-state index contributed by atoms with van der Waals surface area (Å²) < 4.78 is 0. The van der Waals surface area contributed by atoms with Gasteiger partial charge in [0.25, 0.3) is 0 Å². The average Bonchev–Trinajstić information content (AvgIpc) is 2.31. The van der Waals surface area contributed by atoms with Crippen molar-refractivity contribution >= 4 is 0 Å². The summed E-state index contributed by atoms with van der Waals surface area (Å²) >= 11 is 0. The van der Waals surface area contributed by atoms with Gasteiger partial charge in [-0.25, -0.2) is 0 Å². The van der Waals surface area contributed by atoms with Crippen molar-refractivity contribution in [1.82, 2.24) is 0 Å². The zero-order chi connectivity index (χ0) is 13.9. The molecule has 1 saturated carbocycles. The van der Waals surface area contributed by atoms with Gasteiger partial charge in [0.05, 0.1) is 0 Å². The van der Waals surface area contributed by atoms with Gasteiger partial charge in [-0.2, -0.15) is 0 Å². The molecule has 18 heavy (non-hydrogen) atoms. The summed E-state index contributed by atoms with van der Waals surface area (Å²) in [5.74, 6) is 4.70. The maximum Gasteiger partial charge on any atom is -0.0297 e. The molecule has 0 saturated heterocycles. The molecule has 0 radical (unpaired) electrons. The van der Waals surface area contributed by atoms with E-state index in [4.69, 9.17) is 0 Å². The smallest absolute Gasteiger partial charge is 0.0297 e. The molecule has 0 N–H and O–H groups in total. The molecule has 0 aromatic carbocycles. The van der Waals surface area contributed by atoms with Gasteiger partial charge < -0.3 is 0 Å². The second kappa shape index (κ2) is 6.44. The lowest BCUT2D eigenvalue weighted by molar-refractivity contribution is -0.0502. The summed E-state index contributed by atoms with van der Waals surface area (Å²) in [6, 6.07) is 0. The first kappa shape index (κ1) is 16.1. The molecule has 0 bridgehead atoms. The molecule has 4 unspecified atom stereocenters. The Morgan fingerprint density at radius 2 is 1.50 bits per heavy atom. The Morgan fingerprint density at radius 3 is 1.89 bits per heavy atom. The molecule has 1 aliphatic rings. The molecular formula is C18H36. The fourth-order valence-corrected chi connectivity index (χ4v) is 3.85. The van der Waals surface area contributed by atoms with Crippen LogP contribution in [0.25, 0.3) is 0 Å². The van der Waals surface area contributed by atoms with Crippen LogP contribution in [-0.2, 0) is 0 Å². The van der Waals surface area contributed by atoms with Crippen LogP contribution >= 0.6 is 0 Å². The summed E-state index contributed by atoms with van der Waals surface area (Å²) in [6.07, 6.45) is 7.14. The lowest BCUT2D eigenvalue weighted by Crippen LogP contribution is -2.46. The van der Waals surface area contributed by atoms with Crippen LogP contribution in [0.3, 0.4) is 0 Å². The maximum absolute atomic E-state index is 2.53. The topological polar surface area (TPSA) is 0 Å². The summed E-state index contributed by atoms with van der Waals surface area (Å²) in [5, 5.41) is 0. The van der Waals surface area contributed by atoms with Gasteiger partial charge in [0.1, 0.15) is 0 Å². The molecular weight excluding hydrogens is 216 g/mol. The first-order valence-electron chi connectivity index (χ1n) is 8.32. The van der Waals surface area contributed by atoms with Gasteiger partial charge in [-0.15, -0.1) is 0 Å². The molecule has 0 heterocycles. The Bertz CT molecular complexity index is 238. The Balaban J connectivity index is 2.48. The predicted molar refractivity (Wildman–Crippen MR) is 82.7 cm³/mol. The van der Waals surface area contributed by atoms with E-state index in [0.717, 1.165) is 29.6 Å². The molecule has 0 aromatic rings. The molecule has 0 spiro atoms. The van der Waals surface area contributed by atoms with Crippen molar-refractivity contribution in [3.8, 4) is 0 Å². The lowest BCUT2D eigenvalue weighted by Gasteiger charge is -2.54. The van der Waals surface area contributed by atoms with Crippen molar-refractivity contribution in [1.29, 1.82) is 0 Å². The largest absolute Gasteiger partial charge is 0.0651 e. The van der Waals surface area contributed by atoms with Gasteiger partial charge in [-0.3, -0.25) is 0 Å². The summed E-state index contributed by atoms with van der Waals surface area (Å²) in [7, 11) is 0. The molecule has 0 amide bonds. The van der Waals surface area contributed by atoms with E-state index < -0.39 is 0 Å². The zero-order valence-electron chi connectivity index (χ0n) is 13.9. The van der Waals surface area contributed by atoms with Gasteiger partial charge >= 0.3 is 0 Å². The standard InChI is InChI=1S/C18H36/c1-8-14(5)10-16-12-17(18(16,6)7)11-15(9-2)13(3)4/h13-17H,8-12H2,1-7H3. The first-order chi connectivity index (χ1) is 8.32. The van der Waals surface area contributed by atoms with E-state index in [2.05, 4.69) is 48.5 Å². The highest BCUT2D eigenvalue weighted by Crippen LogP contribution is 2.56. The first-order valence-corrected chi connectivity index (χ1v) is 8.32. The molecule has 0 heteroatoms. The second-order valence-electron chi connectivity index (χ2n) is 7.85. The minimum Gasteiger partial charge on any atom is -0.0651 e. The van der Waals surface area contributed by atoms with Crippen LogP contribution in [-0.4, -0.2) is 0 Å². The van der Waals surface area contributed by atoms with Crippen molar-refractivity contribution in [2.45, 2.75) is 80.6 Å². The van der Waals surface area contributed by atoms with Crippen LogP contribution in [0.1, 0.15) is 80.6 Å². The summed E-state index contributed by atoms with van der Waals surface area (Å²) in [5.41, 5.74) is 0.603. The van der Waals surface area contributed by atoms with E-state index >= 15 is 0 Å². The molecule has 108 valence electrons. The van der Waals surface area contributed by atoms with Crippen molar-refractivity contribution in [2.24, 2.45) is 35.0 Å². The number of hydrogen-bond acceptors (Lipinski definition) is 0. The van der Waals surface area contributed by atoms with Gasteiger partial charge in [0.2, 0.25) is 0 Å². The fourth-order valence-electron chi connectivity index (χ4n) is 3.85. The lowest BCUT2D eigenvalue weighted by atomic mass is 9.51. The van der Waals surface area contributed by atoms with E-state index in [-0.39, 0.29) is 0 Å². The van der Waals surface area contributed by atoms with Crippen molar-refractivity contribution in [3.05, 3.63) is 0 Å². The third-order valence-corrected chi connectivity index (χ3v) is 6.11. The highest BCUT2D eigenvalue weighted by atomic mass is 14.5. The van der Waals surface area contributed by atoms with Crippen LogP contribution < -0.4 is 0 Å². The van der Waals surface area contributed by atoms with Crippen molar-refractivity contribution < 1.29 is 0 Å². The van der Waals surface area contributed by atoms with E-state index in [0.29, 0.717) is 5.41 Å². The monoisotopic (exact) mass is 252 g/mol. The van der Waals surface area contributed by atoms with E-state index in [1.165, 1.54) is 32.1 Å². The number of rotatable bonds is 7.